The van der Waals surface area contributed by atoms with Crippen molar-refractivity contribution in [3.05, 3.63) is 29.6 Å². The molecule has 1 saturated carbocycles. The summed E-state index contributed by atoms with van der Waals surface area (Å²) in [4.78, 5) is 6.48. The van der Waals surface area contributed by atoms with Crippen LogP contribution in [0.15, 0.2) is 23.5 Å². The van der Waals surface area contributed by atoms with E-state index in [1.807, 2.05) is 12.1 Å². The molecule has 1 aromatic heterocycles. The Morgan fingerprint density at radius 1 is 1.53 bits per heavy atom. The van der Waals surface area contributed by atoms with Gasteiger partial charge in [-0.1, -0.05) is 24.1 Å². The Labute approximate surface area is 114 Å². The standard InChI is InChI=1S/C14H22N4O/c1-18(9-11-5-2-3-6-11)10-12-7-4-8-16-13(12)14(15)17-19/h4,7-8,11,19H,2-3,5-6,9-10H2,1H3,(H2,15,17). The van der Waals surface area contributed by atoms with Crippen molar-refractivity contribution in [1.29, 1.82) is 0 Å². The van der Waals surface area contributed by atoms with Gasteiger partial charge in [-0.05, 0) is 37.4 Å². The van der Waals surface area contributed by atoms with Crippen LogP contribution in [0, 0.1) is 5.92 Å². The van der Waals surface area contributed by atoms with E-state index in [9.17, 15) is 0 Å². The Balaban J connectivity index is 2.01. The average molecular weight is 262 g/mol. The second-order valence-corrected chi connectivity index (χ2v) is 5.34. The van der Waals surface area contributed by atoms with Crippen molar-refractivity contribution in [3.63, 3.8) is 0 Å². The smallest absolute Gasteiger partial charge is 0.189 e. The van der Waals surface area contributed by atoms with E-state index in [-0.39, 0.29) is 5.84 Å². The zero-order chi connectivity index (χ0) is 13.7. The Morgan fingerprint density at radius 2 is 2.26 bits per heavy atom. The highest BCUT2D eigenvalue weighted by molar-refractivity contribution is 5.96. The van der Waals surface area contributed by atoms with E-state index in [0.717, 1.165) is 24.6 Å². The van der Waals surface area contributed by atoms with Gasteiger partial charge in [0.2, 0.25) is 0 Å². The number of hydrogen-bond acceptors (Lipinski definition) is 4. The Hall–Kier alpha value is -1.62. The molecule has 0 radical (unpaired) electrons. The molecule has 1 aromatic rings. The summed E-state index contributed by atoms with van der Waals surface area (Å²) in [5.41, 5.74) is 7.22. The van der Waals surface area contributed by atoms with Crippen LogP contribution in [0.3, 0.4) is 0 Å². The van der Waals surface area contributed by atoms with E-state index >= 15 is 0 Å². The molecule has 1 aliphatic carbocycles. The summed E-state index contributed by atoms with van der Waals surface area (Å²) in [7, 11) is 2.11. The number of nitrogens with zero attached hydrogens (tertiary/aromatic N) is 3. The van der Waals surface area contributed by atoms with E-state index in [4.69, 9.17) is 10.9 Å². The molecule has 5 heteroatoms. The zero-order valence-electron chi connectivity index (χ0n) is 11.4. The van der Waals surface area contributed by atoms with E-state index < -0.39 is 0 Å². The Morgan fingerprint density at radius 3 is 2.95 bits per heavy atom. The Kier molecular flexibility index (Phi) is 4.74. The minimum Gasteiger partial charge on any atom is -0.409 e. The van der Waals surface area contributed by atoms with E-state index in [1.165, 1.54) is 25.7 Å². The lowest BCUT2D eigenvalue weighted by molar-refractivity contribution is 0.270. The average Bonchev–Trinajstić information content (AvgIpc) is 2.91. The van der Waals surface area contributed by atoms with Crippen LogP contribution >= 0.6 is 0 Å². The molecule has 0 spiro atoms. The quantitative estimate of drug-likeness (QED) is 0.367. The summed E-state index contributed by atoms with van der Waals surface area (Å²) < 4.78 is 0. The van der Waals surface area contributed by atoms with Gasteiger partial charge in [-0.3, -0.25) is 4.98 Å². The fourth-order valence-corrected chi connectivity index (χ4v) is 2.83. The van der Waals surface area contributed by atoms with Gasteiger partial charge in [0.25, 0.3) is 0 Å². The van der Waals surface area contributed by atoms with Gasteiger partial charge in [0.15, 0.2) is 5.84 Å². The van der Waals surface area contributed by atoms with E-state index in [1.54, 1.807) is 6.20 Å². The highest BCUT2D eigenvalue weighted by atomic mass is 16.4. The second kappa shape index (κ2) is 6.52. The maximum Gasteiger partial charge on any atom is 0.189 e. The van der Waals surface area contributed by atoms with Crippen LogP contribution in [0.2, 0.25) is 0 Å². The molecule has 1 fully saturated rings. The normalized spacial score (nSPS) is 17.3. The number of hydrogen-bond donors (Lipinski definition) is 2. The van der Waals surface area contributed by atoms with Gasteiger partial charge in [0.1, 0.15) is 5.69 Å². The van der Waals surface area contributed by atoms with Gasteiger partial charge in [-0.25, -0.2) is 0 Å². The van der Waals surface area contributed by atoms with Crippen molar-refractivity contribution < 1.29 is 5.21 Å². The lowest BCUT2D eigenvalue weighted by Gasteiger charge is -2.21. The SMILES string of the molecule is CN(Cc1cccnc1C(N)=NO)CC1CCCC1. The van der Waals surface area contributed by atoms with Gasteiger partial charge >= 0.3 is 0 Å². The van der Waals surface area contributed by atoms with Crippen LogP contribution < -0.4 is 5.73 Å². The first-order valence-electron chi connectivity index (χ1n) is 6.81. The molecular formula is C14H22N4O. The maximum absolute atomic E-state index is 8.79. The fraction of sp³-hybridized carbons (Fsp3) is 0.571. The summed E-state index contributed by atoms with van der Waals surface area (Å²) >= 11 is 0. The van der Waals surface area contributed by atoms with E-state index in [2.05, 4.69) is 22.1 Å². The number of aromatic nitrogens is 1. The second-order valence-electron chi connectivity index (χ2n) is 5.34. The maximum atomic E-state index is 8.79. The summed E-state index contributed by atoms with van der Waals surface area (Å²) in [5.74, 6) is 0.888. The number of amidine groups is 1. The molecule has 0 atom stereocenters. The van der Waals surface area contributed by atoms with Gasteiger partial charge in [0.05, 0.1) is 0 Å². The minimum absolute atomic E-state index is 0.0740. The molecule has 2 rings (SSSR count). The van der Waals surface area contributed by atoms with Gasteiger partial charge < -0.3 is 15.8 Å². The fourth-order valence-electron chi connectivity index (χ4n) is 2.83. The minimum atomic E-state index is 0.0740. The predicted molar refractivity (Wildman–Crippen MR) is 75.0 cm³/mol. The van der Waals surface area contributed by atoms with Crippen molar-refractivity contribution >= 4 is 5.84 Å². The predicted octanol–water partition coefficient (Wildman–Crippen LogP) is 1.80. The molecule has 1 aliphatic rings. The van der Waals surface area contributed by atoms with Crippen molar-refractivity contribution in [3.8, 4) is 0 Å². The van der Waals surface area contributed by atoms with Gasteiger partial charge in [-0.15, -0.1) is 0 Å². The third kappa shape index (κ3) is 3.67. The number of pyridine rings is 1. The summed E-state index contributed by atoms with van der Waals surface area (Å²) in [6.07, 6.45) is 7.06. The molecule has 0 unspecified atom stereocenters. The van der Waals surface area contributed by atoms with Crippen LogP contribution in [0.5, 0.6) is 0 Å². The van der Waals surface area contributed by atoms with Crippen LogP contribution in [0.1, 0.15) is 36.9 Å². The van der Waals surface area contributed by atoms with E-state index in [0.29, 0.717) is 5.69 Å². The van der Waals surface area contributed by atoms with Crippen LogP contribution in [0.4, 0.5) is 0 Å². The monoisotopic (exact) mass is 262 g/mol. The molecule has 0 saturated heterocycles. The lowest BCUT2D eigenvalue weighted by Crippen LogP contribution is -2.26. The van der Waals surface area contributed by atoms with Crippen molar-refractivity contribution in [2.24, 2.45) is 16.8 Å². The molecule has 19 heavy (non-hydrogen) atoms. The molecular weight excluding hydrogens is 240 g/mol. The molecule has 104 valence electrons. The largest absolute Gasteiger partial charge is 0.409 e. The van der Waals surface area contributed by atoms with Gasteiger partial charge in [0, 0.05) is 19.3 Å². The molecule has 0 aromatic carbocycles. The topological polar surface area (TPSA) is 74.7 Å². The highest BCUT2D eigenvalue weighted by Gasteiger charge is 2.18. The van der Waals surface area contributed by atoms with Crippen molar-refractivity contribution in [2.75, 3.05) is 13.6 Å². The first-order valence-corrected chi connectivity index (χ1v) is 6.81. The van der Waals surface area contributed by atoms with Crippen molar-refractivity contribution in [2.45, 2.75) is 32.2 Å². The molecule has 0 bridgehead atoms. The zero-order valence-corrected chi connectivity index (χ0v) is 11.4. The first kappa shape index (κ1) is 13.8. The molecule has 3 N–H and O–H groups in total. The molecule has 1 heterocycles. The summed E-state index contributed by atoms with van der Waals surface area (Å²) in [6, 6.07) is 3.86. The van der Waals surface area contributed by atoms with Crippen LogP contribution in [-0.4, -0.2) is 34.5 Å². The lowest BCUT2D eigenvalue weighted by atomic mass is 10.1. The number of oxime groups is 1. The third-order valence-corrected chi connectivity index (χ3v) is 3.73. The van der Waals surface area contributed by atoms with Crippen LogP contribution in [0.25, 0.3) is 0 Å². The summed E-state index contributed by atoms with van der Waals surface area (Å²) in [6.45, 7) is 1.88. The first-order chi connectivity index (χ1) is 9.20. The number of nitrogens with two attached hydrogens (primary N) is 1. The van der Waals surface area contributed by atoms with Gasteiger partial charge in [-0.2, -0.15) is 0 Å². The molecule has 0 aliphatic heterocycles. The highest BCUT2D eigenvalue weighted by Crippen LogP contribution is 2.25. The molecule has 0 amide bonds. The summed E-state index contributed by atoms with van der Waals surface area (Å²) in [5, 5.41) is 11.8. The third-order valence-electron chi connectivity index (χ3n) is 3.73. The Bertz CT molecular complexity index is 441. The van der Waals surface area contributed by atoms with Crippen LogP contribution in [-0.2, 0) is 6.54 Å². The van der Waals surface area contributed by atoms with Crippen molar-refractivity contribution in [1.82, 2.24) is 9.88 Å². The molecule has 5 nitrogen and oxygen atoms in total. The number of rotatable bonds is 5.